The number of hydrogen-bond donors (Lipinski definition) is 0. The molecule has 0 bridgehead atoms. The van der Waals surface area contributed by atoms with Gasteiger partial charge in [0.1, 0.15) is 5.02 Å². The Morgan fingerprint density at radius 1 is 1.50 bits per heavy atom. The summed E-state index contributed by atoms with van der Waals surface area (Å²) in [5.41, 5.74) is 0.966. The molecular formula is C13H17ClN2O2. The molecule has 0 atom stereocenters. The fourth-order valence-electron chi connectivity index (χ4n) is 2.15. The van der Waals surface area contributed by atoms with Crippen molar-refractivity contribution in [3.63, 3.8) is 0 Å². The van der Waals surface area contributed by atoms with Crippen molar-refractivity contribution in [2.75, 3.05) is 6.54 Å². The van der Waals surface area contributed by atoms with Crippen LogP contribution in [0.3, 0.4) is 0 Å². The first-order valence-corrected chi connectivity index (χ1v) is 6.66. The first kappa shape index (κ1) is 13.3. The van der Waals surface area contributed by atoms with Crippen molar-refractivity contribution in [3.05, 3.63) is 38.9 Å². The summed E-state index contributed by atoms with van der Waals surface area (Å²) >= 11 is 5.81. The van der Waals surface area contributed by atoms with E-state index in [1.807, 2.05) is 6.07 Å². The van der Waals surface area contributed by atoms with Gasteiger partial charge in [-0.1, -0.05) is 24.6 Å². The van der Waals surface area contributed by atoms with Crippen molar-refractivity contribution < 1.29 is 4.92 Å². The van der Waals surface area contributed by atoms with Gasteiger partial charge in [-0.15, -0.1) is 0 Å². The molecule has 0 radical (unpaired) electrons. The first-order chi connectivity index (χ1) is 8.61. The Bertz CT molecular complexity index is 447. The van der Waals surface area contributed by atoms with Crippen LogP contribution in [-0.4, -0.2) is 22.4 Å². The molecule has 4 nitrogen and oxygen atoms in total. The average Bonchev–Trinajstić information content (AvgIpc) is 3.14. The first-order valence-electron chi connectivity index (χ1n) is 6.28. The van der Waals surface area contributed by atoms with Gasteiger partial charge in [-0.25, -0.2) is 0 Å². The molecule has 1 aliphatic rings. The molecule has 1 aromatic carbocycles. The summed E-state index contributed by atoms with van der Waals surface area (Å²) in [4.78, 5) is 12.8. The van der Waals surface area contributed by atoms with Crippen LogP contribution in [0.25, 0.3) is 0 Å². The SMILES string of the molecule is CCCN(Cc1ccc(Cl)c([N+](=O)[O-])c1)C1CC1. The van der Waals surface area contributed by atoms with Crippen LogP contribution in [0.2, 0.25) is 5.02 Å². The quantitative estimate of drug-likeness (QED) is 0.585. The number of halogens is 1. The van der Waals surface area contributed by atoms with Crippen LogP contribution < -0.4 is 0 Å². The smallest absolute Gasteiger partial charge is 0.288 e. The number of rotatable bonds is 6. The van der Waals surface area contributed by atoms with Gasteiger partial charge in [0.05, 0.1) is 4.92 Å². The lowest BCUT2D eigenvalue weighted by molar-refractivity contribution is -0.384. The van der Waals surface area contributed by atoms with Gasteiger partial charge in [0.2, 0.25) is 0 Å². The molecule has 1 saturated carbocycles. The molecule has 0 spiro atoms. The van der Waals surface area contributed by atoms with E-state index in [-0.39, 0.29) is 10.7 Å². The van der Waals surface area contributed by atoms with Crippen molar-refractivity contribution in [2.24, 2.45) is 0 Å². The van der Waals surface area contributed by atoms with Gasteiger partial charge in [-0.3, -0.25) is 15.0 Å². The average molecular weight is 269 g/mol. The van der Waals surface area contributed by atoms with Gasteiger partial charge in [0.25, 0.3) is 5.69 Å². The fourth-order valence-corrected chi connectivity index (χ4v) is 2.34. The van der Waals surface area contributed by atoms with Crippen LogP contribution in [0.15, 0.2) is 18.2 Å². The maximum atomic E-state index is 10.8. The predicted octanol–water partition coefficient (Wildman–Crippen LogP) is 3.62. The highest BCUT2D eigenvalue weighted by atomic mass is 35.5. The third-order valence-electron chi connectivity index (χ3n) is 3.17. The van der Waals surface area contributed by atoms with E-state index in [1.165, 1.54) is 12.8 Å². The van der Waals surface area contributed by atoms with Gasteiger partial charge in [-0.2, -0.15) is 0 Å². The fraction of sp³-hybridized carbons (Fsp3) is 0.538. The summed E-state index contributed by atoms with van der Waals surface area (Å²) in [6.45, 7) is 3.97. The van der Waals surface area contributed by atoms with Crippen LogP contribution in [0, 0.1) is 10.1 Å². The van der Waals surface area contributed by atoms with Crippen LogP contribution in [0.5, 0.6) is 0 Å². The largest absolute Gasteiger partial charge is 0.296 e. The molecule has 1 aliphatic carbocycles. The van der Waals surface area contributed by atoms with Crippen LogP contribution in [0.1, 0.15) is 31.7 Å². The Hall–Kier alpha value is -1.13. The lowest BCUT2D eigenvalue weighted by atomic mass is 10.2. The monoisotopic (exact) mass is 268 g/mol. The molecule has 1 aromatic rings. The lowest BCUT2D eigenvalue weighted by Gasteiger charge is -2.21. The number of benzene rings is 1. The molecule has 1 fully saturated rings. The Balaban J connectivity index is 2.12. The lowest BCUT2D eigenvalue weighted by Crippen LogP contribution is -2.26. The minimum absolute atomic E-state index is 0.00131. The molecule has 5 heteroatoms. The Kier molecular flexibility index (Phi) is 4.19. The number of nitro groups is 1. The molecule has 18 heavy (non-hydrogen) atoms. The summed E-state index contributed by atoms with van der Waals surface area (Å²) in [5, 5.41) is 11.0. The minimum atomic E-state index is -0.423. The number of nitrogens with zero attached hydrogens (tertiary/aromatic N) is 2. The van der Waals surface area contributed by atoms with E-state index in [1.54, 1.807) is 12.1 Å². The van der Waals surface area contributed by atoms with E-state index in [0.717, 1.165) is 25.1 Å². The van der Waals surface area contributed by atoms with E-state index in [4.69, 9.17) is 11.6 Å². The predicted molar refractivity (Wildman–Crippen MR) is 71.8 cm³/mol. The number of nitro benzene ring substituents is 1. The summed E-state index contributed by atoms with van der Waals surface area (Å²) in [6, 6.07) is 5.75. The molecule has 0 amide bonds. The third kappa shape index (κ3) is 3.21. The van der Waals surface area contributed by atoms with E-state index in [0.29, 0.717) is 6.04 Å². The second-order valence-electron chi connectivity index (χ2n) is 4.74. The second kappa shape index (κ2) is 5.67. The zero-order chi connectivity index (χ0) is 13.1. The van der Waals surface area contributed by atoms with Crippen molar-refractivity contribution in [3.8, 4) is 0 Å². The molecule has 0 N–H and O–H groups in total. The molecule has 2 rings (SSSR count). The minimum Gasteiger partial charge on any atom is -0.296 e. The van der Waals surface area contributed by atoms with Gasteiger partial charge < -0.3 is 0 Å². The van der Waals surface area contributed by atoms with E-state index >= 15 is 0 Å². The van der Waals surface area contributed by atoms with Crippen LogP contribution in [-0.2, 0) is 6.54 Å². The Morgan fingerprint density at radius 3 is 2.78 bits per heavy atom. The van der Waals surface area contributed by atoms with Gasteiger partial charge in [-0.05, 0) is 37.4 Å². The Labute approximate surface area is 112 Å². The summed E-state index contributed by atoms with van der Waals surface area (Å²) in [6.07, 6.45) is 3.59. The molecule has 0 aromatic heterocycles. The molecule has 0 saturated heterocycles. The molecule has 98 valence electrons. The van der Waals surface area contributed by atoms with E-state index in [2.05, 4.69) is 11.8 Å². The van der Waals surface area contributed by atoms with Gasteiger partial charge in [0, 0.05) is 18.7 Å². The second-order valence-corrected chi connectivity index (χ2v) is 5.15. The van der Waals surface area contributed by atoms with Crippen molar-refractivity contribution >= 4 is 17.3 Å². The maximum Gasteiger partial charge on any atom is 0.288 e. The highest BCUT2D eigenvalue weighted by molar-refractivity contribution is 6.32. The van der Waals surface area contributed by atoms with Gasteiger partial charge in [0.15, 0.2) is 0 Å². The molecular weight excluding hydrogens is 252 g/mol. The topological polar surface area (TPSA) is 46.4 Å². The van der Waals surface area contributed by atoms with Crippen LogP contribution in [0.4, 0.5) is 5.69 Å². The molecule has 0 unspecified atom stereocenters. The number of hydrogen-bond acceptors (Lipinski definition) is 3. The zero-order valence-corrected chi connectivity index (χ0v) is 11.2. The maximum absolute atomic E-state index is 10.8. The summed E-state index contributed by atoms with van der Waals surface area (Å²) in [7, 11) is 0. The standard InChI is InChI=1S/C13H17ClN2O2/c1-2-7-15(11-4-5-11)9-10-3-6-12(14)13(8-10)16(17)18/h3,6,8,11H,2,4-5,7,9H2,1H3. The van der Waals surface area contributed by atoms with Crippen molar-refractivity contribution in [2.45, 2.75) is 38.8 Å². The van der Waals surface area contributed by atoms with E-state index in [9.17, 15) is 10.1 Å². The highest BCUT2D eigenvalue weighted by Gasteiger charge is 2.28. The highest BCUT2D eigenvalue weighted by Crippen LogP contribution is 2.30. The molecule has 0 heterocycles. The molecule has 0 aliphatic heterocycles. The van der Waals surface area contributed by atoms with Gasteiger partial charge >= 0.3 is 0 Å². The third-order valence-corrected chi connectivity index (χ3v) is 3.49. The van der Waals surface area contributed by atoms with Crippen LogP contribution >= 0.6 is 11.6 Å². The summed E-state index contributed by atoms with van der Waals surface area (Å²) in [5.74, 6) is 0. The van der Waals surface area contributed by atoms with E-state index < -0.39 is 4.92 Å². The Morgan fingerprint density at radius 2 is 2.22 bits per heavy atom. The normalized spacial score (nSPS) is 15.1. The zero-order valence-electron chi connectivity index (χ0n) is 10.4. The van der Waals surface area contributed by atoms with Crippen molar-refractivity contribution in [1.82, 2.24) is 4.90 Å². The van der Waals surface area contributed by atoms with Crippen molar-refractivity contribution in [1.29, 1.82) is 0 Å². The summed E-state index contributed by atoms with van der Waals surface area (Å²) < 4.78 is 0.